The number of fused-ring (bicyclic) bond motifs is 2. The Morgan fingerprint density at radius 1 is 1.10 bits per heavy atom. The summed E-state index contributed by atoms with van der Waals surface area (Å²) in [4.78, 5) is 9.29. The first-order valence-corrected chi connectivity index (χ1v) is 7.39. The number of hydrogen-bond donors (Lipinski definition) is 0. The van der Waals surface area contributed by atoms with Gasteiger partial charge in [-0.3, -0.25) is 0 Å². The van der Waals surface area contributed by atoms with E-state index in [1.807, 2.05) is 0 Å². The Morgan fingerprint density at radius 2 is 1.85 bits per heavy atom. The topological polar surface area (TPSA) is 35.0 Å². The maximum absolute atomic E-state index is 6.31. The van der Waals surface area contributed by atoms with Crippen molar-refractivity contribution in [1.82, 2.24) is 9.97 Å². The average molecular weight is 287 g/mol. The van der Waals surface area contributed by atoms with Crippen molar-refractivity contribution in [3.8, 4) is 0 Å². The summed E-state index contributed by atoms with van der Waals surface area (Å²) in [5.74, 6) is 1.25. The van der Waals surface area contributed by atoms with Gasteiger partial charge in [0.1, 0.15) is 11.0 Å². The molecule has 2 heterocycles. The van der Waals surface area contributed by atoms with Gasteiger partial charge in [0, 0.05) is 17.9 Å². The summed E-state index contributed by atoms with van der Waals surface area (Å²) in [5, 5.41) is 0.570. The smallest absolute Gasteiger partial charge is 0.138 e. The number of nitrogens with zero attached hydrogens (tertiary/aromatic N) is 2. The Hall–Kier alpha value is -1.45. The minimum absolute atomic E-state index is 0.359. The van der Waals surface area contributed by atoms with E-state index >= 15 is 0 Å². The predicted octanol–water partition coefficient (Wildman–Crippen LogP) is 3.09. The van der Waals surface area contributed by atoms with Crippen LogP contribution in [0.1, 0.15) is 34.1 Å². The molecule has 0 fully saturated rings. The molecule has 3 nitrogen and oxygen atoms in total. The van der Waals surface area contributed by atoms with Crippen LogP contribution in [0.3, 0.4) is 0 Å². The van der Waals surface area contributed by atoms with Crippen molar-refractivity contribution in [3.05, 3.63) is 57.6 Å². The molecule has 0 saturated heterocycles. The molecule has 4 rings (SSSR count). The minimum atomic E-state index is 0.359. The molecule has 0 bridgehead atoms. The van der Waals surface area contributed by atoms with Gasteiger partial charge in [0.15, 0.2) is 0 Å². The monoisotopic (exact) mass is 286 g/mol. The molecule has 1 aliphatic carbocycles. The highest BCUT2D eigenvalue weighted by Gasteiger charge is 2.27. The fourth-order valence-electron chi connectivity index (χ4n) is 3.13. The lowest BCUT2D eigenvalue weighted by atomic mass is 10.0. The second-order valence-electron chi connectivity index (χ2n) is 5.47. The summed E-state index contributed by atoms with van der Waals surface area (Å²) in [6.07, 6.45) is 2.87. The third-order valence-electron chi connectivity index (χ3n) is 4.21. The molecule has 1 aromatic carbocycles. The van der Waals surface area contributed by atoms with Crippen LogP contribution in [-0.2, 0) is 30.6 Å². The molecule has 0 spiro atoms. The van der Waals surface area contributed by atoms with Gasteiger partial charge in [-0.2, -0.15) is 0 Å². The highest BCUT2D eigenvalue weighted by atomic mass is 35.5. The average Bonchev–Trinajstić information content (AvgIpc) is 2.91. The van der Waals surface area contributed by atoms with Crippen molar-refractivity contribution < 1.29 is 4.74 Å². The van der Waals surface area contributed by atoms with Gasteiger partial charge in [0.05, 0.1) is 18.9 Å². The third kappa shape index (κ3) is 2.02. The van der Waals surface area contributed by atoms with E-state index in [2.05, 4.69) is 29.2 Å². The second kappa shape index (κ2) is 4.83. The lowest BCUT2D eigenvalue weighted by Gasteiger charge is -2.18. The zero-order chi connectivity index (χ0) is 13.5. The molecule has 1 aliphatic heterocycles. The predicted molar refractivity (Wildman–Crippen MR) is 77.0 cm³/mol. The Bertz CT molecular complexity index is 647. The first kappa shape index (κ1) is 12.3. The fourth-order valence-corrected chi connectivity index (χ4v) is 3.38. The highest BCUT2D eigenvalue weighted by Crippen LogP contribution is 2.34. The normalized spacial score (nSPS) is 17.9. The van der Waals surface area contributed by atoms with Gasteiger partial charge >= 0.3 is 0 Å². The quantitative estimate of drug-likeness (QED) is 0.756. The SMILES string of the molecule is Clc1nc(C2Cc3ccccc3C2)nc2c1COCC2. The molecule has 0 N–H and O–H groups in total. The molecular formula is C16H15ClN2O. The number of rotatable bonds is 1. The van der Waals surface area contributed by atoms with E-state index in [1.54, 1.807) is 0 Å². The molecule has 2 aliphatic rings. The van der Waals surface area contributed by atoms with Gasteiger partial charge in [0.2, 0.25) is 0 Å². The largest absolute Gasteiger partial charge is 0.376 e. The van der Waals surface area contributed by atoms with E-state index in [4.69, 9.17) is 21.3 Å². The third-order valence-corrected chi connectivity index (χ3v) is 4.52. The zero-order valence-electron chi connectivity index (χ0n) is 11.1. The number of halogens is 1. The van der Waals surface area contributed by atoms with Crippen LogP contribution < -0.4 is 0 Å². The standard InChI is InChI=1S/C16H15ClN2O/c17-15-13-9-20-6-5-14(13)18-16(19-15)12-7-10-3-1-2-4-11(10)8-12/h1-4,12H,5-9H2. The van der Waals surface area contributed by atoms with E-state index < -0.39 is 0 Å². The maximum atomic E-state index is 6.31. The molecule has 2 aromatic rings. The van der Waals surface area contributed by atoms with Crippen LogP contribution in [0.25, 0.3) is 0 Å². The molecule has 0 amide bonds. The van der Waals surface area contributed by atoms with Gasteiger partial charge < -0.3 is 4.74 Å². The second-order valence-corrected chi connectivity index (χ2v) is 5.83. The lowest BCUT2D eigenvalue weighted by molar-refractivity contribution is 0.108. The van der Waals surface area contributed by atoms with Crippen molar-refractivity contribution in [2.75, 3.05) is 6.61 Å². The van der Waals surface area contributed by atoms with Crippen LogP contribution >= 0.6 is 11.6 Å². The Kier molecular flexibility index (Phi) is 2.97. The summed E-state index contributed by atoms with van der Waals surface area (Å²) in [7, 11) is 0. The van der Waals surface area contributed by atoms with Gasteiger partial charge in [-0.25, -0.2) is 9.97 Å². The van der Waals surface area contributed by atoms with Crippen LogP contribution in [0.4, 0.5) is 0 Å². The Labute approximate surface area is 123 Å². The summed E-state index contributed by atoms with van der Waals surface area (Å²) in [5.41, 5.74) is 4.87. The molecule has 0 unspecified atom stereocenters. The van der Waals surface area contributed by atoms with Crippen LogP contribution in [0, 0.1) is 0 Å². The summed E-state index contributed by atoms with van der Waals surface area (Å²) in [6, 6.07) is 8.59. The first-order chi connectivity index (χ1) is 9.81. The van der Waals surface area contributed by atoms with E-state index in [-0.39, 0.29) is 0 Å². The molecule has 0 saturated carbocycles. The zero-order valence-corrected chi connectivity index (χ0v) is 11.9. The van der Waals surface area contributed by atoms with Gasteiger partial charge in [-0.15, -0.1) is 0 Å². The van der Waals surface area contributed by atoms with Crippen LogP contribution in [0.15, 0.2) is 24.3 Å². The Morgan fingerprint density at radius 3 is 2.60 bits per heavy atom. The van der Waals surface area contributed by atoms with Crippen molar-refractivity contribution in [3.63, 3.8) is 0 Å². The number of ether oxygens (including phenoxy) is 1. The number of aromatic nitrogens is 2. The lowest BCUT2D eigenvalue weighted by Crippen LogP contribution is -2.16. The molecule has 20 heavy (non-hydrogen) atoms. The van der Waals surface area contributed by atoms with Crippen LogP contribution in [0.2, 0.25) is 5.15 Å². The van der Waals surface area contributed by atoms with Crippen molar-refractivity contribution in [2.45, 2.75) is 31.8 Å². The molecule has 0 atom stereocenters. The van der Waals surface area contributed by atoms with E-state index in [1.165, 1.54) is 11.1 Å². The van der Waals surface area contributed by atoms with Crippen LogP contribution in [0.5, 0.6) is 0 Å². The van der Waals surface area contributed by atoms with Gasteiger partial charge in [0.25, 0.3) is 0 Å². The van der Waals surface area contributed by atoms with Gasteiger partial charge in [-0.1, -0.05) is 35.9 Å². The molecule has 4 heteroatoms. The van der Waals surface area contributed by atoms with Crippen molar-refractivity contribution in [2.24, 2.45) is 0 Å². The maximum Gasteiger partial charge on any atom is 0.138 e. The molecule has 0 radical (unpaired) electrons. The van der Waals surface area contributed by atoms with Crippen molar-refractivity contribution in [1.29, 1.82) is 0 Å². The van der Waals surface area contributed by atoms with Crippen molar-refractivity contribution >= 4 is 11.6 Å². The highest BCUT2D eigenvalue weighted by molar-refractivity contribution is 6.30. The first-order valence-electron chi connectivity index (χ1n) is 7.01. The Balaban J connectivity index is 1.69. The minimum Gasteiger partial charge on any atom is -0.376 e. The van der Waals surface area contributed by atoms with E-state index in [0.29, 0.717) is 17.7 Å². The van der Waals surface area contributed by atoms with Crippen LogP contribution in [-0.4, -0.2) is 16.6 Å². The van der Waals surface area contributed by atoms with E-state index in [0.717, 1.165) is 43.0 Å². The number of hydrogen-bond acceptors (Lipinski definition) is 3. The molecule has 102 valence electrons. The van der Waals surface area contributed by atoms with E-state index in [9.17, 15) is 0 Å². The van der Waals surface area contributed by atoms with Gasteiger partial charge in [-0.05, 0) is 24.0 Å². The summed E-state index contributed by atoms with van der Waals surface area (Å²) in [6.45, 7) is 1.27. The summed E-state index contributed by atoms with van der Waals surface area (Å²) >= 11 is 6.31. The molecule has 1 aromatic heterocycles. The molecular weight excluding hydrogens is 272 g/mol. The number of benzene rings is 1. The fraction of sp³-hybridized carbons (Fsp3) is 0.375. The summed E-state index contributed by atoms with van der Waals surface area (Å²) < 4.78 is 5.43.